The summed E-state index contributed by atoms with van der Waals surface area (Å²) in [5.41, 5.74) is 3.32. The summed E-state index contributed by atoms with van der Waals surface area (Å²) in [5.74, 6) is 0.00850. The molecule has 1 aliphatic heterocycles. The fourth-order valence-corrected chi connectivity index (χ4v) is 5.91. The van der Waals surface area contributed by atoms with Gasteiger partial charge in [-0.05, 0) is 64.7 Å². The number of carbonyl (C=O) groups is 2. The van der Waals surface area contributed by atoms with Crippen LogP contribution in [0.5, 0.6) is 5.75 Å². The molecule has 0 aliphatic carbocycles. The lowest BCUT2D eigenvalue weighted by Gasteiger charge is -2.33. The third kappa shape index (κ3) is 10.9. The van der Waals surface area contributed by atoms with Crippen molar-refractivity contribution in [2.24, 2.45) is 0 Å². The zero-order valence-corrected chi connectivity index (χ0v) is 29.4. The summed E-state index contributed by atoms with van der Waals surface area (Å²) in [7, 11) is 3.29. The minimum absolute atomic E-state index is 0.128. The van der Waals surface area contributed by atoms with Crippen molar-refractivity contribution in [2.45, 2.75) is 31.8 Å². The van der Waals surface area contributed by atoms with Gasteiger partial charge in [0, 0.05) is 51.4 Å². The minimum atomic E-state index is -4.47. The quantitative estimate of drug-likeness (QED) is 0.0988. The van der Waals surface area contributed by atoms with E-state index in [-0.39, 0.29) is 32.0 Å². The smallest absolute Gasteiger partial charge is 0.416 e. The van der Waals surface area contributed by atoms with Crippen molar-refractivity contribution in [1.29, 1.82) is 0 Å². The number of hydrogen-bond donors (Lipinski definition) is 0. The van der Waals surface area contributed by atoms with Gasteiger partial charge in [-0.25, -0.2) is 0 Å². The van der Waals surface area contributed by atoms with Gasteiger partial charge in [0.1, 0.15) is 11.8 Å². The molecule has 11 heteroatoms. The molecule has 274 valence electrons. The van der Waals surface area contributed by atoms with Gasteiger partial charge in [-0.3, -0.25) is 9.59 Å². The molecule has 0 saturated carbocycles. The highest BCUT2D eigenvalue weighted by Gasteiger charge is 2.32. The average Bonchev–Trinajstić information content (AvgIpc) is 3.17. The number of rotatable bonds is 15. The van der Waals surface area contributed by atoms with Gasteiger partial charge in [-0.15, -0.1) is 0 Å². The Hall–Kier alpha value is -5.13. The first-order valence-electron chi connectivity index (χ1n) is 17.2. The van der Waals surface area contributed by atoms with Crippen molar-refractivity contribution < 1.29 is 37.0 Å². The Bertz CT molecular complexity index is 1760. The number of amides is 2. The average molecular weight is 716 g/mol. The van der Waals surface area contributed by atoms with Crippen LogP contribution in [0.3, 0.4) is 0 Å². The zero-order valence-electron chi connectivity index (χ0n) is 29.4. The largest absolute Gasteiger partial charge is 0.497 e. The Balaban J connectivity index is 1.38. The van der Waals surface area contributed by atoms with Gasteiger partial charge in [0.15, 0.2) is 0 Å². The van der Waals surface area contributed by atoms with Crippen LogP contribution >= 0.6 is 0 Å². The summed E-state index contributed by atoms with van der Waals surface area (Å²) in [6.45, 7) is 3.88. The first kappa shape index (κ1) is 38.1. The molecule has 1 fully saturated rings. The Morgan fingerprint density at radius 1 is 0.885 bits per heavy atom. The monoisotopic (exact) mass is 715 g/mol. The number of anilines is 1. The zero-order chi connectivity index (χ0) is 36.9. The molecule has 0 spiro atoms. The molecule has 1 aliphatic rings. The molecule has 0 bridgehead atoms. The van der Waals surface area contributed by atoms with Crippen LogP contribution in [0.1, 0.15) is 27.8 Å². The standard InChI is InChI=1S/C41H44F3N3O5/c1-45(21-24-52-30-34-9-6-10-37(27-34)50-2)40(49)38(28-32-7-4-3-5-8-32)47(29-33-13-18-36(19-14-33)46-22-25-51-26-23-46)39(48)20-15-31-11-16-35(17-12-31)41(42,43)44/h3-20,27,38H,21-26,28-30H2,1-2H3/b20-15+/t38-/m0/s1. The number of carbonyl (C=O) groups excluding carboxylic acids is 2. The highest BCUT2D eigenvalue weighted by molar-refractivity contribution is 5.95. The maximum atomic E-state index is 14.3. The van der Waals surface area contributed by atoms with E-state index in [9.17, 15) is 22.8 Å². The van der Waals surface area contributed by atoms with E-state index in [1.165, 1.54) is 29.2 Å². The number of likely N-dealkylation sites (N-methyl/N-ethyl adjacent to an activating group) is 1. The molecule has 8 nitrogen and oxygen atoms in total. The van der Waals surface area contributed by atoms with Gasteiger partial charge < -0.3 is 28.9 Å². The second-order valence-electron chi connectivity index (χ2n) is 12.6. The van der Waals surface area contributed by atoms with Gasteiger partial charge >= 0.3 is 6.18 Å². The maximum Gasteiger partial charge on any atom is 0.416 e. The number of hydrogen-bond acceptors (Lipinski definition) is 6. The van der Waals surface area contributed by atoms with Gasteiger partial charge in [0.25, 0.3) is 0 Å². The second kappa shape index (κ2) is 18.4. The predicted octanol–water partition coefficient (Wildman–Crippen LogP) is 6.88. The molecular weight excluding hydrogens is 671 g/mol. The number of methoxy groups -OCH3 is 1. The first-order valence-corrected chi connectivity index (χ1v) is 17.2. The van der Waals surface area contributed by atoms with E-state index in [1.807, 2.05) is 78.9 Å². The summed E-state index contributed by atoms with van der Waals surface area (Å²) in [6.07, 6.45) is -1.44. The summed E-state index contributed by atoms with van der Waals surface area (Å²) < 4.78 is 56.1. The molecule has 0 radical (unpaired) electrons. The molecule has 4 aromatic carbocycles. The van der Waals surface area contributed by atoms with E-state index >= 15 is 0 Å². The van der Waals surface area contributed by atoms with Crippen LogP contribution < -0.4 is 9.64 Å². The van der Waals surface area contributed by atoms with Crippen molar-refractivity contribution >= 4 is 23.6 Å². The number of ether oxygens (including phenoxy) is 3. The number of halogens is 3. The lowest BCUT2D eigenvalue weighted by molar-refractivity contribution is -0.143. The third-order valence-electron chi connectivity index (χ3n) is 8.89. The Kier molecular flexibility index (Phi) is 13.5. The van der Waals surface area contributed by atoms with Crippen LogP contribution in [0.25, 0.3) is 6.08 Å². The first-order chi connectivity index (χ1) is 25.1. The summed E-state index contributed by atoms with van der Waals surface area (Å²) in [4.78, 5) is 33.8. The summed E-state index contributed by atoms with van der Waals surface area (Å²) in [6, 6.07) is 28.6. The minimum Gasteiger partial charge on any atom is -0.497 e. The highest BCUT2D eigenvalue weighted by atomic mass is 19.4. The summed E-state index contributed by atoms with van der Waals surface area (Å²) >= 11 is 0. The Labute approximate surface area is 303 Å². The van der Waals surface area contributed by atoms with Crippen molar-refractivity contribution in [2.75, 3.05) is 58.5 Å². The highest BCUT2D eigenvalue weighted by Crippen LogP contribution is 2.29. The van der Waals surface area contributed by atoms with Gasteiger partial charge in [-0.1, -0.05) is 66.7 Å². The fraction of sp³-hybridized carbons (Fsp3) is 0.317. The number of morpholine rings is 1. The molecule has 1 atom stereocenters. The van der Waals surface area contributed by atoms with Crippen LogP contribution in [-0.2, 0) is 44.8 Å². The van der Waals surface area contributed by atoms with Crippen LogP contribution in [0.2, 0.25) is 0 Å². The molecule has 2 amide bonds. The van der Waals surface area contributed by atoms with Crippen molar-refractivity contribution in [3.05, 3.63) is 137 Å². The molecule has 0 N–H and O–H groups in total. The van der Waals surface area contributed by atoms with Crippen molar-refractivity contribution in [3.63, 3.8) is 0 Å². The van der Waals surface area contributed by atoms with Gasteiger partial charge in [0.2, 0.25) is 11.8 Å². The van der Waals surface area contributed by atoms with Crippen LogP contribution in [0.15, 0.2) is 109 Å². The molecule has 1 saturated heterocycles. The predicted molar refractivity (Wildman–Crippen MR) is 195 cm³/mol. The molecule has 0 unspecified atom stereocenters. The topological polar surface area (TPSA) is 71.6 Å². The van der Waals surface area contributed by atoms with E-state index in [0.29, 0.717) is 25.4 Å². The third-order valence-corrected chi connectivity index (χ3v) is 8.89. The van der Waals surface area contributed by atoms with E-state index in [4.69, 9.17) is 14.2 Å². The summed E-state index contributed by atoms with van der Waals surface area (Å²) in [5, 5.41) is 0. The SMILES string of the molecule is COc1cccc(COCCN(C)C(=O)[C@H](Cc2ccccc2)N(Cc2ccc(N3CCOCC3)cc2)C(=O)/C=C/c2ccc(C(F)(F)F)cc2)c1. The molecule has 0 aromatic heterocycles. The number of benzene rings is 4. The van der Waals surface area contributed by atoms with Crippen molar-refractivity contribution in [3.8, 4) is 5.75 Å². The van der Waals surface area contributed by atoms with Crippen molar-refractivity contribution in [1.82, 2.24) is 9.80 Å². The van der Waals surface area contributed by atoms with Gasteiger partial charge in [-0.2, -0.15) is 13.2 Å². The maximum absolute atomic E-state index is 14.3. The number of alkyl halides is 3. The van der Waals surface area contributed by atoms with E-state index in [2.05, 4.69) is 4.90 Å². The van der Waals surface area contributed by atoms with Gasteiger partial charge in [0.05, 0.1) is 39.1 Å². The van der Waals surface area contributed by atoms with E-state index in [0.717, 1.165) is 53.3 Å². The molecule has 5 rings (SSSR count). The Morgan fingerprint density at radius 3 is 2.25 bits per heavy atom. The second-order valence-corrected chi connectivity index (χ2v) is 12.6. The van der Waals surface area contributed by atoms with E-state index < -0.39 is 23.7 Å². The molecule has 1 heterocycles. The fourth-order valence-electron chi connectivity index (χ4n) is 5.91. The lowest BCUT2D eigenvalue weighted by atomic mass is 10.0. The number of nitrogens with zero attached hydrogens (tertiary/aromatic N) is 3. The molecular formula is C41H44F3N3O5. The van der Waals surface area contributed by atoms with Crippen LogP contribution in [0, 0.1) is 0 Å². The lowest BCUT2D eigenvalue weighted by Crippen LogP contribution is -2.51. The Morgan fingerprint density at radius 2 is 1.58 bits per heavy atom. The normalized spacial score (nSPS) is 13.9. The van der Waals surface area contributed by atoms with Crippen LogP contribution in [-0.4, -0.2) is 81.3 Å². The molecule has 52 heavy (non-hydrogen) atoms. The molecule has 4 aromatic rings. The van der Waals surface area contributed by atoms with E-state index in [1.54, 1.807) is 19.1 Å². The van der Waals surface area contributed by atoms with Crippen LogP contribution in [0.4, 0.5) is 18.9 Å².